The lowest BCUT2D eigenvalue weighted by Gasteiger charge is -2.59. The molecule has 4 saturated heterocycles. The second-order valence-electron chi connectivity index (χ2n) is 22.9. The number of fused-ring (bicyclic) bond motifs is 2. The lowest BCUT2D eigenvalue weighted by atomic mass is 9.52. The van der Waals surface area contributed by atoms with Crippen LogP contribution in [-0.2, 0) is 52.3 Å². The van der Waals surface area contributed by atoms with Gasteiger partial charge in [0.15, 0.2) is 6.10 Å². The summed E-state index contributed by atoms with van der Waals surface area (Å²) in [4.78, 5) is 33.7. The fraction of sp³-hybridized carbons (Fsp3) is 0.942. The van der Waals surface area contributed by atoms with Crippen LogP contribution < -0.4 is 0 Å². The van der Waals surface area contributed by atoms with Gasteiger partial charge in [-0.1, -0.05) is 0 Å². The zero-order chi connectivity index (χ0) is 44.9. The van der Waals surface area contributed by atoms with E-state index in [0.29, 0.717) is 43.0 Å². The van der Waals surface area contributed by atoms with E-state index in [4.69, 9.17) is 33.2 Å². The number of ether oxygens (including phenoxy) is 8. The van der Waals surface area contributed by atoms with Crippen LogP contribution in [0.4, 0.5) is 0 Å². The number of cyclic esters (lactones) is 1. The van der Waals surface area contributed by atoms with Crippen LogP contribution in [-0.4, -0.2) is 109 Å². The largest absolute Gasteiger partial charge is 0.464 e. The summed E-state index contributed by atoms with van der Waals surface area (Å²) >= 11 is 0. The van der Waals surface area contributed by atoms with Gasteiger partial charge in [0, 0.05) is 58.2 Å². The molecule has 14 bridgehead atoms. The molecular weight excluding hydrogens is 817 g/mol. The number of hydrogen-bond donors (Lipinski definition) is 1. The third-order valence-corrected chi connectivity index (χ3v) is 18.0. The number of esters is 3. The van der Waals surface area contributed by atoms with Crippen LogP contribution in [0.3, 0.4) is 0 Å². The highest BCUT2D eigenvalue weighted by atomic mass is 16.6. The SMILES string of the molecule is CCOC12CC3CC(C1)OC(=O)C(C3)C2.CCOC12CC3CC(CC(C3)C1)C2.CCOC12CC3CC(CC(O)(C3)C1)C2.CCOC1C2CC3C(=O)OC1C3C2.CCOC1CCOC1=O. The van der Waals surface area contributed by atoms with Crippen LogP contribution >= 0.6 is 0 Å². The number of hydrogen-bond acceptors (Lipinski definition) is 12. The van der Waals surface area contributed by atoms with Crippen molar-refractivity contribution in [1.82, 2.24) is 0 Å². The quantitative estimate of drug-likeness (QED) is 0.166. The van der Waals surface area contributed by atoms with Crippen LogP contribution in [0.2, 0.25) is 0 Å². The molecule has 0 spiro atoms. The number of aliphatic hydroxyl groups is 1. The fourth-order valence-electron chi connectivity index (χ4n) is 17.1. The van der Waals surface area contributed by atoms with Gasteiger partial charge < -0.3 is 43.0 Å². The first kappa shape index (κ1) is 47.2. The standard InChI is InChI=1S/C12H18O3.C12H20O2.C12H20O.C10H14O3.C6H10O3/c1-2-14-12-5-8-3-9(6-12)11(13)15-10(4-8)7-12;1-2-14-12-6-9-3-10(7-12)5-11(13,4-9)8-12;1-2-13-12-6-9-3-10(7-12)5-11(4-9)8-12;1-2-12-8-5-3-6-7(4-5)10(11)13-9(6)8;1-2-8-5-3-4-9-6(5)7/h8-10H,2-7H2,1H3;9-10,13H,2-8H2,1H3;9-11H,2-8H2,1H3;5-9H,2-4H2,1H3;5H,2-4H2,1H3. The molecule has 16 aliphatic rings. The van der Waals surface area contributed by atoms with E-state index in [-0.39, 0.29) is 71.0 Å². The Labute approximate surface area is 382 Å². The predicted molar refractivity (Wildman–Crippen MR) is 237 cm³/mol. The molecule has 16 rings (SSSR count). The van der Waals surface area contributed by atoms with Gasteiger partial charge in [0.05, 0.1) is 47.0 Å². The second kappa shape index (κ2) is 19.3. The van der Waals surface area contributed by atoms with E-state index in [9.17, 15) is 19.5 Å². The Morgan fingerprint density at radius 2 is 1.11 bits per heavy atom. The van der Waals surface area contributed by atoms with Gasteiger partial charge in [-0.15, -0.1) is 0 Å². The molecule has 12 saturated carbocycles. The average molecular weight is 899 g/mol. The molecule has 12 aliphatic carbocycles. The van der Waals surface area contributed by atoms with Crippen molar-refractivity contribution in [2.45, 2.75) is 210 Å². The summed E-state index contributed by atoms with van der Waals surface area (Å²) in [5, 5.41) is 10.4. The Morgan fingerprint density at radius 1 is 0.547 bits per heavy atom. The molecule has 0 amide bonds. The summed E-state index contributed by atoms with van der Waals surface area (Å²) in [5.74, 6) is 6.46. The Bertz CT molecular complexity index is 1600. The van der Waals surface area contributed by atoms with Crippen molar-refractivity contribution in [3.63, 3.8) is 0 Å². The molecule has 0 aromatic heterocycles. The molecule has 1 N–H and O–H groups in total. The van der Waals surface area contributed by atoms with Gasteiger partial charge >= 0.3 is 17.9 Å². The highest BCUT2D eigenvalue weighted by molar-refractivity contribution is 5.77. The van der Waals surface area contributed by atoms with E-state index in [0.717, 1.165) is 120 Å². The number of carbonyl (C=O) groups is 3. The van der Waals surface area contributed by atoms with E-state index in [1.807, 2.05) is 20.8 Å². The molecular formula is C52H82O12. The van der Waals surface area contributed by atoms with Crippen LogP contribution in [0.25, 0.3) is 0 Å². The van der Waals surface area contributed by atoms with Gasteiger partial charge in [-0.2, -0.15) is 0 Å². The fourth-order valence-corrected chi connectivity index (χ4v) is 17.1. The first-order valence-corrected chi connectivity index (χ1v) is 26.2. The van der Waals surface area contributed by atoms with Gasteiger partial charge in [-0.25, -0.2) is 4.79 Å². The summed E-state index contributed by atoms with van der Waals surface area (Å²) in [6.45, 7) is 14.4. The molecule has 362 valence electrons. The van der Waals surface area contributed by atoms with Gasteiger partial charge in [0.1, 0.15) is 12.2 Å². The molecule has 12 unspecified atom stereocenters. The Morgan fingerprint density at radius 3 is 1.67 bits per heavy atom. The minimum atomic E-state index is -0.362. The third-order valence-electron chi connectivity index (χ3n) is 18.0. The maximum absolute atomic E-state index is 11.7. The Balaban J connectivity index is 0.000000102. The predicted octanol–water partition coefficient (Wildman–Crippen LogP) is 8.31. The van der Waals surface area contributed by atoms with Crippen molar-refractivity contribution in [3.8, 4) is 0 Å². The number of carbonyl (C=O) groups excluding carboxylic acids is 3. The Hall–Kier alpha value is -1.83. The summed E-state index contributed by atoms with van der Waals surface area (Å²) in [5.41, 5.74) is 0.0216. The summed E-state index contributed by atoms with van der Waals surface area (Å²) in [7, 11) is 0. The van der Waals surface area contributed by atoms with Crippen LogP contribution in [0.5, 0.6) is 0 Å². The zero-order valence-electron chi connectivity index (χ0n) is 39.9. The van der Waals surface area contributed by atoms with Crippen molar-refractivity contribution in [1.29, 1.82) is 0 Å². The minimum Gasteiger partial charge on any atom is -0.464 e. The van der Waals surface area contributed by atoms with Crippen LogP contribution in [0, 0.1) is 59.2 Å². The maximum Gasteiger partial charge on any atom is 0.335 e. The van der Waals surface area contributed by atoms with Crippen molar-refractivity contribution in [2.24, 2.45) is 59.2 Å². The highest BCUT2D eigenvalue weighted by Gasteiger charge is 2.62. The summed E-state index contributed by atoms with van der Waals surface area (Å²) in [6.07, 6.45) is 23.5. The molecule has 16 fully saturated rings. The summed E-state index contributed by atoms with van der Waals surface area (Å²) < 4.78 is 44.1. The van der Waals surface area contributed by atoms with Gasteiger partial charge in [-0.3, -0.25) is 9.59 Å². The first-order chi connectivity index (χ1) is 30.8. The maximum atomic E-state index is 11.7. The van der Waals surface area contributed by atoms with Crippen molar-refractivity contribution < 1.29 is 57.4 Å². The van der Waals surface area contributed by atoms with E-state index in [1.165, 1.54) is 57.8 Å². The summed E-state index contributed by atoms with van der Waals surface area (Å²) in [6, 6.07) is 0. The smallest absolute Gasteiger partial charge is 0.335 e. The molecule has 12 atom stereocenters. The lowest BCUT2D eigenvalue weighted by molar-refractivity contribution is -0.218. The van der Waals surface area contributed by atoms with Gasteiger partial charge in [0.25, 0.3) is 0 Å². The molecule has 12 nitrogen and oxygen atoms in total. The minimum absolute atomic E-state index is 0.0275. The first-order valence-electron chi connectivity index (χ1n) is 26.2. The molecule has 0 aromatic rings. The normalized spacial score (nSPS) is 48.2. The van der Waals surface area contributed by atoms with Crippen molar-refractivity contribution >= 4 is 17.9 Å². The zero-order valence-corrected chi connectivity index (χ0v) is 39.9. The van der Waals surface area contributed by atoms with Crippen molar-refractivity contribution in [3.05, 3.63) is 0 Å². The topological polar surface area (TPSA) is 145 Å². The van der Waals surface area contributed by atoms with Gasteiger partial charge in [0.2, 0.25) is 0 Å². The van der Waals surface area contributed by atoms with Gasteiger partial charge in [-0.05, 0) is 185 Å². The van der Waals surface area contributed by atoms with E-state index < -0.39 is 0 Å². The van der Waals surface area contributed by atoms with E-state index in [1.54, 1.807) is 0 Å². The lowest BCUT2D eigenvalue weighted by Crippen LogP contribution is -2.59. The monoisotopic (exact) mass is 899 g/mol. The van der Waals surface area contributed by atoms with Crippen LogP contribution in [0.1, 0.15) is 163 Å². The molecule has 4 aliphatic heterocycles. The highest BCUT2D eigenvalue weighted by Crippen LogP contribution is 2.60. The van der Waals surface area contributed by atoms with Crippen LogP contribution in [0.15, 0.2) is 0 Å². The third kappa shape index (κ3) is 9.86. The Kier molecular flexibility index (Phi) is 14.2. The molecule has 64 heavy (non-hydrogen) atoms. The van der Waals surface area contributed by atoms with E-state index in [2.05, 4.69) is 18.6 Å². The molecule has 12 heteroatoms. The molecule has 0 aromatic carbocycles. The molecule has 4 heterocycles. The number of rotatable bonds is 10. The average Bonchev–Trinajstić information content (AvgIpc) is 3.94. The van der Waals surface area contributed by atoms with Crippen molar-refractivity contribution in [2.75, 3.05) is 39.6 Å². The molecule has 0 radical (unpaired) electrons. The van der Waals surface area contributed by atoms with E-state index >= 15 is 0 Å². The second-order valence-corrected chi connectivity index (χ2v) is 22.9.